The molecule has 1 saturated heterocycles. The molecule has 3 nitrogen and oxygen atoms in total. The molecule has 1 saturated carbocycles. The van der Waals surface area contributed by atoms with E-state index < -0.39 is 0 Å². The summed E-state index contributed by atoms with van der Waals surface area (Å²) in [4.78, 5) is 2.67. The van der Waals surface area contributed by atoms with Crippen LogP contribution in [0.4, 0.5) is 0 Å². The summed E-state index contributed by atoms with van der Waals surface area (Å²) in [7, 11) is 1.84. The molecule has 1 atom stereocenters. The first kappa shape index (κ1) is 14.3. The van der Waals surface area contributed by atoms with Gasteiger partial charge in [-0.2, -0.15) is 0 Å². The molecule has 0 aromatic carbocycles. The van der Waals surface area contributed by atoms with E-state index in [2.05, 4.69) is 18.7 Å². The molecule has 0 amide bonds. The van der Waals surface area contributed by atoms with Crippen molar-refractivity contribution < 1.29 is 4.74 Å². The van der Waals surface area contributed by atoms with Crippen LogP contribution >= 0.6 is 0 Å². The lowest BCUT2D eigenvalue weighted by Gasteiger charge is -2.52. The van der Waals surface area contributed by atoms with Gasteiger partial charge in [0.05, 0.1) is 6.10 Å². The Morgan fingerprint density at radius 2 is 1.89 bits per heavy atom. The highest BCUT2D eigenvalue weighted by Gasteiger charge is 2.43. The molecule has 2 rings (SSSR count). The quantitative estimate of drug-likeness (QED) is 0.840. The van der Waals surface area contributed by atoms with Gasteiger partial charge in [-0.15, -0.1) is 0 Å². The standard InChI is InChI=1S/C15H30N2O/c1-14(2)7-4-8-15(11-14,12-16)17-9-5-13(18-3)6-10-17/h13H,4-12,16H2,1-3H3. The number of ether oxygens (including phenoxy) is 1. The molecule has 0 spiro atoms. The number of hydrogen-bond donors (Lipinski definition) is 1. The zero-order valence-corrected chi connectivity index (χ0v) is 12.4. The van der Waals surface area contributed by atoms with E-state index in [-0.39, 0.29) is 5.54 Å². The number of nitrogens with zero attached hydrogens (tertiary/aromatic N) is 1. The van der Waals surface area contributed by atoms with E-state index in [0.717, 1.165) is 19.6 Å². The number of methoxy groups -OCH3 is 1. The summed E-state index contributed by atoms with van der Waals surface area (Å²) >= 11 is 0. The van der Waals surface area contributed by atoms with Crippen LogP contribution in [0.5, 0.6) is 0 Å². The van der Waals surface area contributed by atoms with E-state index in [1.54, 1.807) is 0 Å². The summed E-state index contributed by atoms with van der Waals surface area (Å²) in [6.45, 7) is 7.93. The maximum absolute atomic E-state index is 6.18. The molecule has 0 radical (unpaired) electrons. The van der Waals surface area contributed by atoms with Crippen LogP contribution in [0.3, 0.4) is 0 Å². The molecule has 2 aliphatic rings. The minimum Gasteiger partial charge on any atom is -0.381 e. The molecule has 3 heteroatoms. The van der Waals surface area contributed by atoms with Crippen LogP contribution in [-0.2, 0) is 4.74 Å². The lowest BCUT2D eigenvalue weighted by atomic mass is 9.67. The molecule has 18 heavy (non-hydrogen) atoms. The van der Waals surface area contributed by atoms with Crippen LogP contribution in [0.25, 0.3) is 0 Å². The van der Waals surface area contributed by atoms with Crippen LogP contribution in [0.15, 0.2) is 0 Å². The Morgan fingerprint density at radius 1 is 1.22 bits per heavy atom. The number of piperidine rings is 1. The second kappa shape index (κ2) is 5.48. The van der Waals surface area contributed by atoms with Gasteiger partial charge in [-0.25, -0.2) is 0 Å². The fraction of sp³-hybridized carbons (Fsp3) is 1.00. The van der Waals surface area contributed by atoms with E-state index in [1.165, 1.54) is 38.5 Å². The van der Waals surface area contributed by atoms with Crippen molar-refractivity contribution >= 4 is 0 Å². The van der Waals surface area contributed by atoms with E-state index in [1.807, 2.05) is 7.11 Å². The van der Waals surface area contributed by atoms with Gasteiger partial charge >= 0.3 is 0 Å². The highest BCUT2D eigenvalue weighted by Crippen LogP contribution is 2.44. The summed E-state index contributed by atoms with van der Waals surface area (Å²) in [6.07, 6.45) is 8.01. The fourth-order valence-corrected chi connectivity index (χ4v) is 4.10. The molecule has 0 bridgehead atoms. The van der Waals surface area contributed by atoms with Crippen molar-refractivity contribution in [2.24, 2.45) is 11.1 Å². The molecule has 1 aliphatic heterocycles. The molecule has 1 heterocycles. The maximum atomic E-state index is 6.18. The van der Waals surface area contributed by atoms with Gasteiger partial charge in [-0.1, -0.05) is 20.3 Å². The van der Waals surface area contributed by atoms with Crippen LogP contribution < -0.4 is 5.73 Å². The van der Waals surface area contributed by atoms with Gasteiger partial charge in [0.1, 0.15) is 0 Å². The highest BCUT2D eigenvalue weighted by atomic mass is 16.5. The predicted octanol–water partition coefficient (Wildman–Crippen LogP) is 2.39. The lowest BCUT2D eigenvalue weighted by Crippen LogP contribution is -2.60. The van der Waals surface area contributed by atoms with Crippen molar-refractivity contribution in [1.29, 1.82) is 0 Å². The second-order valence-corrected chi connectivity index (χ2v) is 7.05. The smallest absolute Gasteiger partial charge is 0.0595 e. The monoisotopic (exact) mass is 254 g/mol. The minimum atomic E-state index is 0.264. The number of nitrogens with two attached hydrogens (primary N) is 1. The first-order chi connectivity index (χ1) is 8.51. The summed E-state index contributed by atoms with van der Waals surface area (Å²) < 4.78 is 5.48. The Hall–Kier alpha value is -0.120. The largest absolute Gasteiger partial charge is 0.381 e. The highest BCUT2D eigenvalue weighted by molar-refractivity contribution is 5.00. The Morgan fingerprint density at radius 3 is 2.39 bits per heavy atom. The van der Waals surface area contributed by atoms with E-state index in [0.29, 0.717) is 11.5 Å². The third-order valence-electron chi connectivity index (χ3n) is 5.13. The second-order valence-electron chi connectivity index (χ2n) is 7.05. The van der Waals surface area contributed by atoms with Gasteiger partial charge in [0.25, 0.3) is 0 Å². The van der Waals surface area contributed by atoms with E-state index in [9.17, 15) is 0 Å². The van der Waals surface area contributed by atoms with Crippen molar-refractivity contribution in [2.75, 3.05) is 26.7 Å². The zero-order chi connectivity index (χ0) is 13.2. The fourth-order valence-electron chi connectivity index (χ4n) is 4.10. The summed E-state index contributed by atoms with van der Waals surface area (Å²) in [6, 6.07) is 0. The van der Waals surface area contributed by atoms with Crippen molar-refractivity contribution in [3.8, 4) is 0 Å². The van der Waals surface area contributed by atoms with E-state index >= 15 is 0 Å². The van der Waals surface area contributed by atoms with Crippen LogP contribution in [0.2, 0.25) is 0 Å². The molecule has 2 fully saturated rings. The summed E-state index contributed by atoms with van der Waals surface area (Å²) in [5.41, 5.74) is 6.90. The van der Waals surface area contributed by atoms with Gasteiger partial charge < -0.3 is 10.5 Å². The van der Waals surface area contributed by atoms with Gasteiger partial charge in [0.2, 0.25) is 0 Å². The first-order valence-corrected chi connectivity index (χ1v) is 7.49. The number of rotatable bonds is 3. The average molecular weight is 254 g/mol. The van der Waals surface area contributed by atoms with Crippen molar-refractivity contribution in [3.05, 3.63) is 0 Å². The number of hydrogen-bond acceptors (Lipinski definition) is 3. The van der Waals surface area contributed by atoms with Crippen LogP contribution in [0.1, 0.15) is 52.4 Å². The molecule has 106 valence electrons. The first-order valence-electron chi connectivity index (χ1n) is 7.49. The SMILES string of the molecule is COC1CCN(C2(CN)CCCC(C)(C)C2)CC1. The topological polar surface area (TPSA) is 38.5 Å². The van der Waals surface area contributed by atoms with Crippen molar-refractivity contribution in [1.82, 2.24) is 4.90 Å². The summed E-state index contributed by atoms with van der Waals surface area (Å²) in [5, 5.41) is 0. The Balaban J connectivity index is 2.04. The molecule has 2 N–H and O–H groups in total. The molecule has 1 unspecified atom stereocenters. The van der Waals surface area contributed by atoms with Crippen LogP contribution in [0, 0.1) is 5.41 Å². The van der Waals surface area contributed by atoms with Crippen molar-refractivity contribution in [2.45, 2.75) is 64.0 Å². The van der Waals surface area contributed by atoms with Crippen LogP contribution in [-0.4, -0.2) is 43.3 Å². The third-order valence-corrected chi connectivity index (χ3v) is 5.13. The van der Waals surface area contributed by atoms with Gasteiger partial charge in [-0.3, -0.25) is 4.90 Å². The Kier molecular flexibility index (Phi) is 4.35. The van der Waals surface area contributed by atoms with Gasteiger partial charge in [0.15, 0.2) is 0 Å². The van der Waals surface area contributed by atoms with Gasteiger partial charge in [-0.05, 0) is 37.5 Å². The Bertz CT molecular complexity index is 272. The minimum absolute atomic E-state index is 0.264. The number of likely N-dealkylation sites (tertiary alicyclic amines) is 1. The van der Waals surface area contributed by atoms with E-state index in [4.69, 9.17) is 10.5 Å². The molecule has 0 aromatic rings. The molecule has 1 aliphatic carbocycles. The molecular weight excluding hydrogens is 224 g/mol. The molecular formula is C15H30N2O. The van der Waals surface area contributed by atoms with Gasteiger partial charge in [0, 0.05) is 32.3 Å². The lowest BCUT2D eigenvalue weighted by molar-refractivity contribution is -0.0367. The summed E-state index contributed by atoms with van der Waals surface area (Å²) in [5.74, 6) is 0. The maximum Gasteiger partial charge on any atom is 0.0595 e. The molecule has 0 aromatic heterocycles. The third kappa shape index (κ3) is 2.89. The average Bonchev–Trinajstić information content (AvgIpc) is 2.37. The van der Waals surface area contributed by atoms with Crippen molar-refractivity contribution in [3.63, 3.8) is 0 Å². The Labute approximate surface area is 112 Å². The predicted molar refractivity (Wildman–Crippen MR) is 75.6 cm³/mol. The zero-order valence-electron chi connectivity index (χ0n) is 12.4. The normalized spacial score (nSPS) is 34.7.